The van der Waals surface area contributed by atoms with Crippen molar-refractivity contribution in [3.05, 3.63) is 45.1 Å². The Balaban J connectivity index is 1.57. The average molecular weight is 383 g/mol. The number of carbonyl (C=O) groups excluding carboxylic acids is 2. The van der Waals surface area contributed by atoms with Gasteiger partial charge in [0.05, 0.1) is 22.2 Å². The van der Waals surface area contributed by atoms with Crippen LogP contribution in [0.1, 0.15) is 37.2 Å². The number of nitrogens with one attached hydrogen (secondary N) is 1. The molecule has 0 radical (unpaired) electrons. The molecule has 5 nitrogen and oxygen atoms in total. The van der Waals surface area contributed by atoms with Gasteiger partial charge in [-0.3, -0.25) is 9.59 Å². The standard InChI is InChI=1S/C18H20Cl2N2O3/c1-22-9-13(16(23)18(22)25)17(24)21-12-5-2-10(3-6-12)11-4-7-14(19)15(20)8-11/h4,7-8,10,12,23H,2-3,5-6,9H2,1H3,(H,21,24). The molecule has 1 aliphatic heterocycles. The Morgan fingerprint density at radius 2 is 1.88 bits per heavy atom. The first-order chi connectivity index (χ1) is 11.9. The monoisotopic (exact) mass is 382 g/mol. The Bertz CT molecular complexity index is 740. The fourth-order valence-electron chi connectivity index (χ4n) is 3.48. The Morgan fingerprint density at radius 1 is 1.20 bits per heavy atom. The summed E-state index contributed by atoms with van der Waals surface area (Å²) in [5.41, 5.74) is 1.32. The lowest BCUT2D eigenvalue weighted by molar-refractivity contribution is -0.126. The van der Waals surface area contributed by atoms with Gasteiger partial charge >= 0.3 is 0 Å². The van der Waals surface area contributed by atoms with E-state index in [1.807, 2.05) is 18.2 Å². The number of aliphatic hydroxyl groups excluding tert-OH is 1. The summed E-state index contributed by atoms with van der Waals surface area (Å²) in [4.78, 5) is 25.2. The average Bonchev–Trinajstić information content (AvgIpc) is 2.86. The predicted molar refractivity (Wildman–Crippen MR) is 96.9 cm³/mol. The van der Waals surface area contributed by atoms with Gasteiger partial charge < -0.3 is 15.3 Å². The Kier molecular flexibility index (Phi) is 5.25. The molecule has 0 spiro atoms. The lowest BCUT2D eigenvalue weighted by Gasteiger charge is -2.29. The smallest absolute Gasteiger partial charge is 0.289 e. The third kappa shape index (κ3) is 3.77. The number of benzene rings is 1. The van der Waals surface area contributed by atoms with Gasteiger partial charge in [-0.15, -0.1) is 0 Å². The Morgan fingerprint density at radius 3 is 2.44 bits per heavy atom. The molecule has 1 heterocycles. The maximum Gasteiger partial charge on any atom is 0.289 e. The minimum atomic E-state index is -0.506. The number of nitrogens with zero attached hydrogens (tertiary/aromatic N) is 1. The number of halogens is 2. The molecule has 0 unspecified atom stereocenters. The minimum absolute atomic E-state index is 0.0489. The molecule has 1 aromatic rings. The van der Waals surface area contributed by atoms with Crippen molar-refractivity contribution in [2.45, 2.75) is 37.6 Å². The zero-order chi connectivity index (χ0) is 18.1. The first-order valence-corrected chi connectivity index (χ1v) is 9.05. The van der Waals surface area contributed by atoms with E-state index in [9.17, 15) is 14.7 Å². The van der Waals surface area contributed by atoms with E-state index in [0.717, 1.165) is 25.7 Å². The van der Waals surface area contributed by atoms with E-state index in [1.54, 1.807) is 7.05 Å². The van der Waals surface area contributed by atoms with Crippen LogP contribution in [0.3, 0.4) is 0 Å². The summed E-state index contributed by atoms with van der Waals surface area (Å²) in [6, 6.07) is 5.78. The second-order valence-electron chi connectivity index (χ2n) is 6.68. The maximum absolute atomic E-state index is 12.3. The third-order valence-electron chi connectivity index (χ3n) is 4.98. The van der Waals surface area contributed by atoms with Crippen LogP contribution in [0.5, 0.6) is 0 Å². The van der Waals surface area contributed by atoms with Crippen molar-refractivity contribution >= 4 is 35.0 Å². The van der Waals surface area contributed by atoms with Gasteiger partial charge in [0, 0.05) is 13.1 Å². The predicted octanol–water partition coefficient (Wildman–Crippen LogP) is 3.42. The van der Waals surface area contributed by atoms with Crippen molar-refractivity contribution in [3.63, 3.8) is 0 Å². The first-order valence-electron chi connectivity index (χ1n) is 8.30. The second kappa shape index (κ2) is 7.26. The van der Waals surface area contributed by atoms with Crippen LogP contribution >= 0.6 is 23.2 Å². The molecular formula is C18H20Cl2N2O3. The minimum Gasteiger partial charge on any atom is -0.503 e. The summed E-state index contributed by atoms with van der Waals surface area (Å²) in [6.07, 6.45) is 3.56. The highest BCUT2D eigenvalue weighted by Gasteiger charge is 2.33. The Labute approximate surface area is 156 Å². The van der Waals surface area contributed by atoms with Crippen LogP contribution in [-0.2, 0) is 9.59 Å². The van der Waals surface area contributed by atoms with Gasteiger partial charge in [-0.1, -0.05) is 29.3 Å². The number of hydrogen-bond donors (Lipinski definition) is 2. The highest BCUT2D eigenvalue weighted by atomic mass is 35.5. The SMILES string of the molecule is CN1CC(C(=O)NC2CCC(c3ccc(Cl)c(Cl)c3)CC2)=C(O)C1=O. The van der Waals surface area contributed by atoms with Gasteiger partial charge in [0.2, 0.25) is 0 Å². The number of hydrogen-bond acceptors (Lipinski definition) is 3. The number of aliphatic hydroxyl groups is 1. The van der Waals surface area contributed by atoms with Gasteiger partial charge in [-0.25, -0.2) is 0 Å². The molecule has 3 rings (SSSR count). The lowest BCUT2D eigenvalue weighted by atomic mass is 9.81. The molecule has 2 aliphatic rings. The van der Waals surface area contributed by atoms with Gasteiger partial charge in [-0.2, -0.15) is 0 Å². The molecule has 7 heteroatoms. The van der Waals surface area contributed by atoms with Crippen molar-refractivity contribution in [2.75, 3.05) is 13.6 Å². The Hall–Kier alpha value is -1.72. The number of amides is 2. The summed E-state index contributed by atoms with van der Waals surface area (Å²) < 4.78 is 0. The number of likely N-dealkylation sites (N-methyl/N-ethyl adjacent to an activating group) is 1. The zero-order valence-electron chi connectivity index (χ0n) is 13.9. The van der Waals surface area contributed by atoms with Crippen molar-refractivity contribution in [1.82, 2.24) is 10.2 Å². The largest absolute Gasteiger partial charge is 0.503 e. The van der Waals surface area contributed by atoms with Gasteiger partial charge in [0.25, 0.3) is 11.8 Å². The first kappa shape index (κ1) is 18.1. The molecule has 1 aliphatic carbocycles. The highest BCUT2D eigenvalue weighted by Crippen LogP contribution is 2.35. The van der Waals surface area contributed by atoms with Crippen molar-refractivity contribution in [2.24, 2.45) is 0 Å². The fourth-order valence-corrected chi connectivity index (χ4v) is 3.79. The van der Waals surface area contributed by atoms with Crippen LogP contribution in [0.25, 0.3) is 0 Å². The van der Waals surface area contributed by atoms with E-state index in [2.05, 4.69) is 5.32 Å². The molecule has 134 valence electrons. The topological polar surface area (TPSA) is 69.6 Å². The van der Waals surface area contributed by atoms with Crippen LogP contribution in [0.2, 0.25) is 10.0 Å². The van der Waals surface area contributed by atoms with E-state index in [-0.39, 0.29) is 24.1 Å². The van der Waals surface area contributed by atoms with E-state index in [4.69, 9.17) is 23.2 Å². The van der Waals surface area contributed by atoms with Gasteiger partial charge in [0.15, 0.2) is 5.76 Å². The molecule has 1 fully saturated rings. The summed E-state index contributed by atoms with van der Waals surface area (Å²) in [5, 5.41) is 13.8. The summed E-state index contributed by atoms with van der Waals surface area (Å²) >= 11 is 12.1. The van der Waals surface area contributed by atoms with Crippen LogP contribution in [0.15, 0.2) is 29.5 Å². The molecule has 1 saturated carbocycles. The zero-order valence-corrected chi connectivity index (χ0v) is 15.4. The highest BCUT2D eigenvalue weighted by molar-refractivity contribution is 6.42. The second-order valence-corrected chi connectivity index (χ2v) is 7.50. The summed E-state index contributed by atoms with van der Waals surface area (Å²) in [6.45, 7) is 0.148. The molecule has 0 bridgehead atoms. The molecule has 2 amide bonds. The quantitative estimate of drug-likeness (QED) is 0.841. The van der Waals surface area contributed by atoms with E-state index in [0.29, 0.717) is 16.0 Å². The maximum atomic E-state index is 12.3. The van der Waals surface area contributed by atoms with Gasteiger partial charge in [-0.05, 0) is 49.3 Å². The summed E-state index contributed by atoms with van der Waals surface area (Å²) in [7, 11) is 1.56. The molecular weight excluding hydrogens is 363 g/mol. The van der Waals surface area contributed by atoms with E-state index < -0.39 is 11.7 Å². The third-order valence-corrected chi connectivity index (χ3v) is 5.72. The van der Waals surface area contributed by atoms with Crippen LogP contribution < -0.4 is 5.32 Å². The molecule has 0 atom stereocenters. The van der Waals surface area contributed by atoms with Crippen molar-refractivity contribution in [3.8, 4) is 0 Å². The van der Waals surface area contributed by atoms with Crippen LogP contribution in [0, 0.1) is 0 Å². The molecule has 1 aromatic carbocycles. The lowest BCUT2D eigenvalue weighted by Crippen LogP contribution is -2.39. The fraction of sp³-hybridized carbons (Fsp3) is 0.444. The van der Waals surface area contributed by atoms with Crippen molar-refractivity contribution in [1.29, 1.82) is 0 Å². The van der Waals surface area contributed by atoms with E-state index >= 15 is 0 Å². The number of carbonyl (C=O) groups is 2. The summed E-state index contributed by atoms with van der Waals surface area (Å²) in [5.74, 6) is -0.902. The van der Waals surface area contributed by atoms with Gasteiger partial charge in [0.1, 0.15) is 0 Å². The van der Waals surface area contributed by atoms with E-state index in [1.165, 1.54) is 10.5 Å². The van der Waals surface area contributed by atoms with Crippen LogP contribution in [-0.4, -0.2) is 41.5 Å². The van der Waals surface area contributed by atoms with Crippen LogP contribution in [0.4, 0.5) is 0 Å². The molecule has 25 heavy (non-hydrogen) atoms. The molecule has 0 aromatic heterocycles. The van der Waals surface area contributed by atoms with Crippen molar-refractivity contribution < 1.29 is 14.7 Å². The normalized spacial score (nSPS) is 24.0. The molecule has 2 N–H and O–H groups in total. The number of rotatable bonds is 3. The molecule has 0 saturated heterocycles.